The number of ether oxygens (including phenoxy) is 1. The van der Waals surface area contributed by atoms with Crippen LogP contribution in [0.25, 0.3) is 0 Å². The van der Waals surface area contributed by atoms with Gasteiger partial charge in [-0.1, -0.05) is 33.6 Å². The number of carbonyl (C=O) groups excluding carboxylic acids is 2. The topological polar surface area (TPSA) is 43.4 Å². The number of hydrogen-bond donors (Lipinski definition) is 0. The number of Topliss-reactive ketones (excluding diaryl/α,β-unsaturated/α-hetero) is 1. The van der Waals surface area contributed by atoms with Gasteiger partial charge >= 0.3 is 5.97 Å². The highest BCUT2D eigenvalue weighted by atomic mass is 16.5. The van der Waals surface area contributed by atoms with E-state index in [9.17, 15) is 9.59 Å². The zero-order valence-corrected chi connectivity index (χ0v) is 19.9. The second-order valence-electron chi connectivity index (χ2n) is 11.5. The molecule has 0 aromatic rings. The van der Waals surface area contributed by atoms with Crippen molar-refractivity contribution in [3.63, 3.8) is 0 Å². The monoisotopic (exact) mass is 416 g/mol. The Morgan fingerprint density at radius 2 is 1.73 bits per heavy atom. The van der Waals surface area contributed by atoms with Crippen molar-refractivity contribution in [2.45, 2.75) is 105 Å². The van der Waals surface area contributed by atoms with Gasteiger partial charge in [-0.15, -0.1) is 0 Å². The minimum atomic E-state index is -0.0505. The highest BCUT2D eigenvalue weighted by molar-refractivity contribution is 5.86. The maximum atomic E-state index is 13.9. The molecule has 3 heteroatoms. The number of rotatable bonds is 6. The molecule has 0 radical (unpaired) electrons. The molecule has 0 spiro atoms. The molecule has 4 fully saturated rings. The Morgan fingerprint density at radius 3 is 2.47 bits per heavy atom. The molecule has 4 aliphatic rings. The van der Waals surface area contributed by atoms with E-state index in [2.05, 4.69) is 20.8 Å². The molecule has 6 unspecified atom stereocenters. The number of carbonyl (C=O) groups is 2. The molecule has 30 heavy (non-hydrogen) atoms. The maximum Gasteiger partial charge on any atom is 0.305 e. The molecule has 0 heterocycles. The van der Waals surface area contributed by atoms with Gasteiger partial charge in [0.25, 0.3) is 0 Å². The summed E-state index contributed by atoms with van der Waals surface area (Å²) >= 11 is 0. The second kappa shape index (κ2) is 8.58. The second-order valence-corrected chi connectivity index (χ2v) is 11.5. The SMILES string of the molecule is CCOC(=O)CCCC1CCC2C3C(=O)[C@H](CC)C4CCCCC4(C)[C@H]3CCC12C. The third-order valence-corrected chi connectivity index (χ3v) is 10.5. The summed E-state index contributed by atoms with van der Waals surface area (Å²) in [5, 5.41) is 0. The molecule has 3 nitrogen and oxygen atoms in total. The summed E-state index contributed by atoms with van der Waals surface area (Å²) < 4.78 is 5.13. The van der Waals surface area contributed by atoms with E-state index < -0.39 is 0 Å². The fraction of sp³-hybridized carbons (Fsp3) is 0.926. The van der Waals surface area contributed by atoms with Gasteiger partial charge in [0.2, 0.25) is 0 Å². The van der Waals surface area contributed by atoms with Crippen molar-refractivity contribution >= 4 is 11.8 Å². The Hall–Kier alpha value is -0.860. The standard InChI is InChI=1S/C27H44O3/c1-5-19-20-11-7-8-16-27(20,4)22-15-17-26(3)18(10-9-12-23(28)30-6-2)13-14-21(26)24(22)25(19)29/h18-22,24H,5-17H2,1-4H3/t18?,19-,20?,21?,22+,24?,26?,27?/m1/s1. The van der Waals surface area contributed by atoms with E-state index in [1.165, 1.54) is 51.4 Å². The molecule has 0 saturated heterocycles. The highest BCUT2D eigenvalue weighted by Gasteiger charge is 2.63. The third-order valence-electron chi connectivity index (χ3n) is 10.5. The van der Waals surface area contributed by atoms with Crippen LogP contribution in [0.5, 0.6) is 0 Å². The van der Waals surface area contributed by atoms with E-state index in [1.807, 2.05) is 6.92 Å². The Bertz CT molecular complexity index is 656. The minimum absolute atomic E-state index is 0.0505. The van der Waals surface area contributed by atoms with Gasteiger partial charge < -0.3 is 4.74 Å². The van der Waals surface area contributed by atoms with E-state index in [4.69, 9.17) is 4.74 Å². The molecular weight excluding hydrogens is 372 g/mol. The lowest BCUT2D eigenvalue weighted by molar-refractivity contribution is -0.167. The van der Waals surface area contributed by atoms with Gasteiger partial charge in [0.05, 0.1) is 6.61 Å². The van der Waals surface area contributed by atoms with Crippen molar-refractivity contribution in [3.05, 3.63) is 0 Å². The molecule has 170 valence electrons. The van der Waals surface area contributed by atoms with Crippen LogP contribution in [0.4, 0.5) is 0 Å². The predicted molar refractivity (Wildman–Crippen MR) is 120 cm³/mol. The van der Waals surface area contributed by atoms with Crippen molar-refractivity contribution < 1.29 is 14.3 Å². The van der Waals surface area contributed by atoms with Crippen LogP contribution >= 0.6 is 0 Å². The summed E-state index contributed by atoms with van der Waals surface area (Å²) in [6.07, 6.45) is 14.0. The average Bonchev–Trinajstić information content (AvgIpc) is 3.05. The summed E-state index contributed by atoms with van der Waals surface area (Å²) in [6.45, 7) is 9.68. The molecule has 0 bridgehead atoms. The Kier molecular flexibility index (Phi) is 6.39. The molecule has 8 atom stereocenters. The van der Waals surface area contributed by atoms with Gasteiger partial charge in [-0.25, -0.2) is 0 Å². The number of hydrogen-bond acceptors (Lipinski definition) is 3. The summed E-state index contributed by atoms with van der Waals surface area (Å²) in [4.78, 5) is 25.7. The van der Waals surface area contributed by atoms with E-state index >= 15 is 0 Å². The lowest BCUT2D eigenvalue weighted by atomic mass is 9.42. The zero-order valence-electron chi connectivity index (χ0n) is 19.9. The van der Waals surface area contributed by atoms with Gasteiger partial charge in [0.15, 0.2) is 0 Å². The molecule has 4 aliphatic carbocycles. The van der Waals surface area contributed by atoms with Crippen molar-refractivity contribution in [1.82, 2.24) is 0 Å². The molecule has 0 aromatic carbocycles. The van der Waals surface area contributed by atoms with Gasteiger partial charge in [0, 0.05) is 18.3 Å². The molecule has 0 N–H and O–H groups in total. The molecule has 0 amide bonds. The first-order chi connectivity index (χ1) is 14.4. The third kappa shape index (κ3) is 3.47. The summed E-state index contributed by atoms with van der Waals surface area (Å²) in [7, 11) is 0. The van der Waals surface area contributed by atoms with Crippen molar-refractivity contribution in [2.24, 2.45) is 46.3 Å². The summed E-state index contributed by atoms with van der Waals surface area (Å²) in [6, 6.07) is 0. The quantitative estimate of drug-likeness (QED) is 0.459. The Balaban J connectivity index is 1.52. The highest BCUT2D eigenvalue weighted by Crippen LogP contribution is 2.68. The lowest BCUT2D eigenvalue weighted by Gasteiger charge is -2.61. The first kappa shape index (κ1) is 22.3. The normalized spacial score (nSPS) is 45.4. The fourth-order valence-corrected chi connectivity index (χ4v) is 9.02. The predicted octanol–water partition coefficient (Wildman–Crippen LogP) is 6.58. The fourth-order valence-electron chi connectivity index (χ4n) is 9.02. The first-order valence-corrected chi connectivity index (χ1v) is 13.1. The number of esters is 1. The molecule has 0 aliphatic heterocycles. The summed E-state index contributed by atoms with van der Waals surface area (Å²) in [5.41, 5.74) is 0.683. The number of ketones is 1. The molecule has 4 saturated carbocycles. The van der Waals surface area contributed by atoms with Crippen LogP contribution in [-0.4, -0.2) is 18.4 Å². The van der Waals surface area contributed by atoms with E-state index in [1.54, 1.807) is 0 Å². The largest absolute Gasteiger partial charge is 0.466 e. The average molecular weight is 417 g/mol. The van der Waals surface area contributed by atoms with Crippen LogP contribution < -0.4 is 0 Å². The Morgan fingerprint density at radius 1 is 0.967 bits per heavy atom. The van der Waals surface area contributed by atoms with E-state index in [0.29, 0.717) is 65.1 Å². The smallest absolute Gasteiger partial charge is 0.305 e. The minimum Gasteiger partial charge on any atom is -0.466 e. The van der Waals surface area contributed by atoms with Gasteiger partial charge in [0.1, 0.15) is 5.78 Å². The molecule has 0 aromatic heterocycles. The van der Waals surface area contributed by atoms with Crippen LogP contribution in [0.2, 0.25) is 0 Å². The van der Waals surface area contributed by atoms with Crippen LogP contribution in [0, 0.1) is 46.3 Å². The van der Waals surface area contributed by atoms with E-state index in [0.717, 1.165) is 19.3 Å². The van der Waals surface area contributed by atoms with Crippen LogP contribution in [0.15, 0.2) is 0 Å². The molecular formula is C27H44O3. The van der Waals surface area contributed by atoms with Gasteiger partial charge in [-0.05, 0) is 99.2 Å². The zero-order chi connectivity index (χ0) is 21.5. The van der Waals surface area contributed by atoms with Crippen LogP contribution in [0.1, 0.15) is 105 Å². The lowest BCUT2D eigenvalue weighted by Crippen LogP contribution is -2.59. The van der Waals surface area contributed by atoms with Crippen LogP contribution in [-0.2, 0) is 14.3 Å². The molecule has 4 rings (SSSR count). The van der Waals surface area contributed by atoms with Gasteiger partial charge in [-0.3, -0.25) is 9.59 Å². The van der Waals surface area contributed by atoms with Crippen molar-refractivity contribution in [1.29, 1.82) is 0 Å². The van der Waals surface area contributed by atoms with Crippen molar-refractivity contribution in [3.8, 4) is 0 Å². The number of fused-ring (bicyclic) bond motifs is 5. The Labute approximate surface area is 184 Å². The van der Waals surface area contributed by atoms with E-state index in [-0.39, 0.29) is 5.97 Å². The van der Waals surface area contributed by atoms with Crippen LogP contribution in [0.3, 0.4) is 0 Å². The van der Waals surface area contributed by atoms with Crippen molar-refractivity contribution in [2.75, 3.05) is 6.61 Å². The first-order valence-electron chi connectivity index (χ1n) is 13.1. The maximum absolute atomic E-state index is 13.9. The summed E-state index contributed by atoms with van der Waals surface area (Å²) in [5.74, 6) is 3.71. The van der Waals surface area contributed by atoms with Gasteiger partial charge in [-0.2, -0.15) is 0 Å².